The van der Waals surface area contributed by atoms with E-state index in [1.807, 2.05) is 0 Å². The summed E-state index contributed by atoms with van der Waals surface area (Å²) in [5.74, 6) is 4.94. The number of para-hydroxylation sites is 1. The third kappa shape index (κ3) is 4.24. The van der Waals surface area contributed by atoms with Crippen LogP contribution >= 0.6 is 0 Å². The van der Waals surface area contributed by atoms with E-state index in [9.17, 15) is 13.2 Å². The van der Waals surface area contributed by atoms with Crippen molar-refractivity contribution >= 4 is 0 Å². The zero-order valence-electron chi connectivity index (χ0n) is 8.34. The van der Waals surface area contributed by atoms with Crippen molar-refractivity contribution in [3.05, 3.63) is 29.8 Å². The number of alkyl halides is 3. The maximum atomic E-state index is 12.0. The van der Waals surface area contributed by atoms with E-state index in [0.717, 1.165) is 0 Å². The molecule has 0 bridgehead atoms. The summed E-state index contributed by atoms with van der Waals surface area (Å²) < 4.78 is 39.9. The van der Waals surface area contributed by atoms with Gasteiger partial charge in [-0.15, -0.1) is 13.2 Å². The van der Waals surface area contributed by atoms with E-state index in [0.29, 0.717) is 13.0 Å². The van der Waals surface area contributed by atoms with Crippen molar-refractivity contribution < 1.29 is 17.9 Å². The Morgan fingerprint density at radius 3 is 2.56 bits per heavy atom. The van der Waals surface area contributed by atoms with Crippen LogP contribution in [0.2, 0.25) is 0 Å². The van der Waals surface area contributed by atoms with Crippen molar-refractivity contribution in [1.82, 2.24) is 0 Å². The molecule has 0 aliphatic carbocycles. The molecule has 0 spiro atoms. The van der Waals surface area contributed by atoms with Gasteiger partial charge in [-0.05, 0) is 12.1 Å². The fourth-order valence-electron chi connectivity index (χ4n) is 1.01. The molecule has 0 aliphatic rings. The number of benzene rings is 1. The van der Waals surface area contributed by atoms with Crippen molar-refractivity contribution in [2.45, 2.75) is 12.8 Å². The molecule has 1 aromatic carbocycles. The second-order valence-corrected chi connectivity index (χ2v) is 2.88. The minimum Gasteiger partial charge on any atom is -0.404 e. The van der Waals surface area contributed by atoms with Crippen LogP contribution in [0.4, 0.5) is 13.2 Å². The standard InChI is InChI=1S/C11H10F3NO/c12-11(13,14)16-10-7-2-1-5-9(10)6-3-4-8-15/h1-2,5,7H,4,8,15H2. The van der Waals surface area contributed by atoms with E-state index in [4.69, 9.17) is 5.73 Å². The zero-order chi connectivity index (χ0) is 12.0. The number of halogens is 3. The van der Waals surface area contributed by atoms with Crippen LogP contribution in [0.5, 0.6) is 5.75 Å². The van der Waals surface area contributed by atoms with E-state index in [1.165, 1.54) is 18.2 Å². The Morgan fingerprint density at radius 1 is 1.25 bits per heavy atom. The van der Waals surface area contributed by atoms with Gasteiger partial charge in [0, 0.05) is 13.0 Å². The van der Waals surface area contributed by atoms with E-state index in [1.54, 1.807) is 6.07 Å². The molecule has 0 aliphatic heterocycles. The summed E-state index contributed by atoms with van der Waals surface area (Å²) >= 11 is 0. The molecule has 1 aromatic rings. The molecule has 0 radical (unpaired) electrons. The number of rotatable bonds is 2. The lowest BCUT2D eigenvalue weighted by atomic mass is 10.2. The maximum absolute atomic E-state index is 12.0. The molecule has 0 saturated carbocycles. The summed E-state index contributed by atoms with van der Waals surface area (Å²) in [6.07, 6.45) is -4.27. The Balaban J connectivity index is 2.89. The van der Waals surface area contributed by atoms with Gasteiger partial charge in [-0.25, -0.2) is 0 Å². The minimum absolute atomic E-state index is 0.202. The summed E-state index contributed by atoms with van der Waals surface area (Å²) in [4.78, 5) is 0. The van der Waals surface area contributed by atoms with Crippen LogP contribution in [0, 0.1) is 11.8 Å². The van der Waals surface area contributed by atoms with Gasteiger partial charge in [0.2, 0.25) is 0 Å². The van der Waals surface area contributed by atoms with Crippen molar-refractivity contribution in [1.29, 1.82) is 0 Å². The monoisotopic (exact) mass is 229 g/mol. The van der Waals surface area contributed by atoms with Gasteiger partial charge in [0.05, 0.1) is 5.56 Å². The third-order valence-electron chi connectivity index (χ3n) is 1.61. The van der Waals surface area contributed by atoms with Gasteiger partial charge in [-0.1, -0.05) is 24.0 Å². The van der Waals surface area contributed by atoms with Crippen LogP contribution in [-0.2, 0) is 0 Å². The Kier molecular flexibility index (Phi) is 4.20. The number of nitrogens with two attached hydrogens (primary N) is 1. The highest BCUT2D eigenvalue weighted by Crippen LogP contribution is 2.25. The average molecular weight is 229 g/mol. The molecule has 2 nitrogen and oxygen atoms in total. The van der Waals surface area contributed by atoms with Crippen molar-refractivity contribution in [3.8, 4) is 17.6 Å². The molecule has 5 heteroatoms. The second kappa shape index (κ2) is 5.42. The first-order valence-electron chi connectivity index (χ1n) is 4.56. The summed E-state index contributed by atoms with van der Waals surface area (Å²) in [5, 5.41) is 0. The van der Waals surface area contributed by atoms with Gasteiger partial charge in [-0.3, -0.25) is 0 Å². The van der Waals surface area contributed by atoms with E-state index in [2.05, 4.69) is 16.6 Å². The molecule has 0 unspecified atom stereocenters. The van der Waals surface area contributed by atoms with Crippen LogP contribution in [0.3, 0.4) is 0 Å². The smallest absolute Gasteiger partial charge is 0.404 e. The van der Waals surface area contributed by atoms with Gasteiger partial charge in [0.1, 0.15) is 5.75 Å². The molecule has 0 saturated heterocycles. The van der Waals surface area contributed by atoms with Gasteiger partial charge < -0.3 is 10.5 Å². The quantitative estimate of drug-likeness (QED) is 0.789. The fourth-order valence-corrected chi connectivity index (χ4v) is 1.01. The highest BCUT2D eigenvalue weighted by atomic mass is 19.4. The van der Waals surface area contributed by atoms with Gasteiger partial charge in [0.15, 0.2) is 0 Å². The Bertz CT molecular complexity index is 404. The third-order valence-corrected chi connectivity index (χ3v) is 1.61. The normalized spacial score (nSPS) is 10.5. The summed E-state index contributed by atoms with van der Waals surface area (Å²) in [6.45, 7) is 0.370. The van der Waals surface area contributed by atoms with Crippen LogP contribution in [0.25, 0.3) is 0 Å². The molecule has 0 heterocycles. The van der Waals surface area contributed by atoms with E-state index >= 15 is 0 Å². The molecule has 0 amide bonds. The van der Waals surface area contributed by atoms with Crippen molar-refractivity contribution in [2.75, 3.05) is 6.54 Å². The number of ether oxygens (including phenoxy) is 1. The molecular formula is C11H10F3NO. The van der Waals surface area contributed by atoms with Crippen molar-refractivity contribution in [2.24, 2.45) is 5.73 Å². The molecule has 0 atom stereocenters. The summed E-state index contributed by atoms with van der Waals surface area (Å²) in [6, 6.07) is 5.73. The van der Waals surface area contributed by atoms with Crippen LogP contribution in [0.1, 0.15) is 12.0 Å². The Labute approximate surface area is 91.2 Å². The minimum atomic E-state index is -4.70. The van der Waals surface area contributed by atoms with Crippen LogP contribution in [-0.4, -0.2) is 12.9 Å². The Hall–Kier alpha value is -1.67. The molecule has 1 rings (SSSR count). The summed E-state index contributed by atoms with van der Waals surface area (Å²) in [7, 11) is 0. The topological polar surface area (TPSA) is 35.2 Å². The lowest BCUT2D eigenvalue weighted by molar-refractivity contribution is -0.274. The highest BCUT2D eigenvalue weighted by molar-refractivity contribution is 5.45. The first kappa shape index (κ1) is 12.4. The van der Waals surface area contributed by atoms with Gasteiger partial charge in [0.25, 0.3) is 0 Å². The predicted molar refractivity (Wildman–Crippen MR) is 53.7 cm³/mol. The second-order valence-electron chi connectivity index (χ2n) is 2.88. The molecule has 0 fully saturated rings. The first-order chi connectivity index (χ1) is 7.53. The first-order valence-corrected chi connectivity index (χ1v) is 4.56. The average Bonchev–Trinajstić information content (AvgIpc) is 2.19. The molecule has 0 aromatic heterocycles. The van der Waals surface area contributed by atoms with Crippen LogP contribution in [0.15, 0.2) is 24.3 Å². The SMILES string of the molecule is NCCC#Cc1ccccc1OC(F)(F)F. The van der Waals surface area contributed by atoms with E-state index in [-0.39, 0.29) is 11.3 Å². The van der Waals surface area contributed by atoms with Gasteiger partial charge >= 0.3 is 6.36 Å². The number of hydrogen-bond donors (Lipinski definition) is 1. The Morgan fingerprint density at radius 2 is 1.94 bits per heavy atom. The molecule has 2 N–H and O–H groups in total. The van der Waals surface area contributed by atoms with E-state index < -0.39 is 6.36 Å². The zero-order valence-corrected chi connectivity index (χ0v) is 8.34. The summed E-state index contributed by atoms with van der Waals surface area (Å²) in [5.41, 5.74) is 5.42. The fraction of sp³-hybridized carbons (Fsp3) is 0.273. The van der Waals surface area contributed by atoms with Crippen LogP contribution < -0.4 is 10.5 Å². The highest BCUT2D eigenvalue weighted by Gasteiger charge is 2.31. The molecule has 86 valence electrons. The number of hydrogen-bond acceptors (Lipinski definition) is 2. The lowest BCUT2D eigenvalue weighted by Gasteiger charge is -2.09. The molecular weight excluding hydrogens is 219 g/mol. The van der Waals surface area contributed by atoms with Gasteiger partial charge in [-0.2, -0.15) is 0 Å². The van der Waals surface area contributed by atoms with Crippen molar-refractivity contribution in [3.63, 3.8) is 0 Å². The maximum Gasteiger partial charge on any atom is 0.573 e. The molecule has 16 heavy (non-hydrogen) atoms. The largest absolute Gasteiger partial charge is 0.573 e. The predicted octanol–water partition coefficient (Wildman–Crippen LogP) is 2.29. The lowest BCUT2D eigenvalue weighted by Crippen LogP contribution is -2.17.